The third kappa shape index (κ3) is 2.25. The molecule has 2 unspecified atom stereocenters. The van der Waals surface area contributed by atoms with Gasteiger partial charge in [0.1, 0.15) is 0 Å². The summed E-state index contributed by atoms with van der Waals surface area (Å²) >= 11 is 0. The summed E-state index contributed by atoms with van der Waals surface area (Å²) in [5.41, 5.74) is 0.776. The summed E-state index contributed by atoms with van der Waals surface area (Å²) in [6.07, 6.45) is 5.22. The smallest absolute Gasteiger partial charge is 0.307 e. The fourth-order valence-electron chi connectivity index (χ4n) is 2.69. The number of hydrogen-bond acceptors (Lipinski definition) is 4. The number of aliphatic carboxylic acids is 1. The first kappa shape index (κ1) is 12.0. The molecule has 2 atom stereocenters. The maximum atomic E-state index is 11.3. The lowest BCUT2D eigenvalue weighted by Crippen LogP contribution is -2.25. The number of carbonyl (C=O) groups is 1. The van der Waals surface area contributed by atoms with E-state index in [2.05, 4.69) is 15.1 Å². The second-order valence-corrected chi connectivity index (χ2v) is 4.88. The number of aromatic nitrogens is 3. The number of H-pyrrole nitrogens is 1. The minimum Gasteiger partial charge on any atom is -0.481 e. The second-order valence-electron chi connectivity index (χ2n) is 4.88. The molecule has 2 aromatic heterocycles. The summed E-state index contributed by atoms with van der Waals surface area (Å²) < 4.78 is 5.26. The van der Waals surface area contributed by atoms with Crippen LogP contribution in [0.3, 0.4) is 0 Å². The molecule has 6 heteroatoms. The SMILES string of the molecule is O=C(O)C1CCCCC1c1nc(-c2ccc[nH]2)no1. The lowest BCUT2D eigenvalue weighted by Gasteiger charge is -2.25. The highest BCUT2D eigenvalue weighted by Crippen LogP contribution is 2.37. The predicted molar refractivity (Wildman–Crippen MR) is 66.4 cm³/mol. The predicted octanol–water partition coefficient (Wildman–Crippen LogP) is 2.42. The van der Waals surface area contributed by atoms with Crippen LogP contribution in [0.1, 0.15) is 37.5 Å². The van der Waals surface area contributed by atoms with Crippen molar-refractivity contribution in [3.05, 3.63) is 24.2 Å². The molecule has 0 bridgehead atoms. The standard InChI is InChI=1S/C13H15N3O3/c17-13(18)9-5-2-1-4-8(9)12-15-11(16-19-12)10-6-3-7-14-10/h3,6-9,14H,1-2,4-5H2,(H,17,18). The average molecular weight is 261 g/mol. The molecule has 2 aromatic rings. The monoisotopic (exact) mass is 261 g/mol. The summed E-state index contributed by atoms with van der Waals surface area (Å²) in [5, 5.41) is 13.2. The van der Waals surface area contributed by atoms with Crippen LogP contribution in [0.25, 0.3) is 11.5 Å². The molecule has 0 amide bonds. The van der Waals surface area contributed by atoms with Crippen LogP contribution in [0.15, 0.2) is 22.9 Å². The third-order valence-electron chi connectivity index (χ3n) is 3.68. The van der Waals surface area contributed by atoms with Gasteiger partial charge in [0, 0.05) is 6.20 Å². The molecule has 0 saturated heterocycles. The van der Waals surface area contributed by atoms with Crippen LogP contribution >= 0.6 is 0 Å². The van der Waals surface area contributed by atoms with E-state index in [1.807, 2.05) is 12.1 Å². The van der Waals surface area contributed by atoms with Gasteiger partial charge in [-0.2, -0.15) is 4.98 Å². The molecule has 1 saturated carbocycles. The van der Waals surface area contributed by atoms with Crippen molar-refractivity contribution in [2.45, 2.75) is 31.6 Å². The summed E-state index contributed by atoms with van der Waals surface area (Å²) in [7, 11) is 0. The summed E-state index contributed by atoms with van der Waals surface area (Å²) in [5.74, 6) is -0.427. The normalized spacial score (nSPS) is 23.4. The van der Waals surface area contributed by atoms with Gasteiger partial charge in [-0.05, 0) is 25.0 Å². The van der Waals surface area contributed by atoms with Gasteiger partial charge in [0.05, 0.1) is 17.5 Å². The van der Waals surface area contributed by atoms with Crippen LogP contribution in [0.5, 0.6) is 0 Å². The quantitative estimate of drug-likeness (QED) is 0.885. The minimum absolute atomic E-state index is 0.164. The van der Waals surface area contributed by atoms with Gasteiger partial charge in [0.25, 0.3) is 0 Å². The molecule has 2 N–H and O–H groups in total. The highest BCUT2D eigenvalue weighted by molar-refractivity contribution is 5.71. The van der Waals surface area contributed by atoms with Crippen LogP contribution < -0.4 is 0 Å². The van der Waals surface area contributed by atoms with Gasteiger partial charge < -0.3 is 14.6 Å². The number of carboxylic acids is 1. The van der Waals surface area contributed by atoms with E-state index >= 15 is 0 Å². The molecule has 0 radical (unpaired) electrons. The van der Waals surface area contributed by atoms with Crippen LogP contribution in [0.4, 0.5) is 0 Å². The van der Waals surface area contributed by atoms with E-state index < -0.39 is 11.9 Å². The van der Waals surface area contributed by atoms with Crippen LogP contribution in [-0.2, 0) is 4.79 Å². The zero-order chi connectivity index (χ0) is 13.2. The number of carboxylic acid groups (broad SMARTS) is 1. The first-order chi connectivity index (χ1) is 9.25. The third-order valence-corrected chi connectivity index (χ3v) is 3.68. The Morgan fingerprint density at radius 2 is 2.26 bits per heavy atom. The molecule has 1 aliphatic rings. The molecule has 100 valence electrons. The maximum absolute atomic E-state index is 11.3. The Bertz CT molecular complexity index is 561. The zero-order valence-electron chi connectivity index (χ0n) is 10.4. The Balaban J connectivity index is 1.87. The Kier molecular flexibility index (Phi) is 3.06. The molecule has 0 aromatic carbocycles. The van der Waals surface area contributed by atoms with E-state index in [1.165, 1.54) is 0 Å². The number of hydrogen-bond donors (Lipinski definition) is 2. The van der Waals surface area contributed by atoms with Gasteiger partial charge in [-0.3, -0.25) is 4.79 Å². The Hall–Kier alpha value is -2.11. The van der Waals surface area contributed by atoms with Crippen molar-refractivity contribution in [3.8, 4) is 11.5 Å². The van der Waals surface area contributed by atoms with Crippen molar-refractivity contribution in [2.75, 3.05) is 0 Å². The number of nitrogens with one attached hydrogen (secondary N) is 1. The van der Waals surface area contributed by atoms with E-state index in [0.717, 1.165) is 25.0 Å². The molecule has 1 aliphatic carbocycles. The zero-order valence-corrected chi connectivity index (χ0v) is 10.4. The van der Waals surface area contributed by atoms with Crippen LogP contribution in [0, 0.1) is 5.92 Å². The van der Waals surface area contributed by atoms with E-state index in [1.54, 1.807) is 6.20 Å². The van der Waals surface area contributed by atoms with Crippen LogP contribution in [0.2, 0.25) is 0 Å². The molecule has 3 rings (SSSR count). The van der Waals surface area contributed by atoms with Crippen molar-refractivity contribution in [1.82, 2.24) is 15.1 Å². The molecule has 0 aliphatic heterocycles. The average Bonchev–Trinajstić information content (AvgIpc) is 3.09. The molecular weight excluding hydrogens is 246 g/mol. The largest absolute Gasteiger partial charge is 0.481 e. The van der Waals surface area contributed by atoms with Gasteiger partial charge >= 0.3 is 5.97 Å². The Morgan fingerprint density at radius 1 is 1.42 bits per heavy atom. The molecule has 1 fully saturated rings. The Morgan fingerprint density at radius 3 is 3.00 bits per heavy atom. The van der Waals surface area contributed by atoms with E-state index in [4.69, 9.17) is 4.52 Å². The molecule has 2 heterocycles. The second kappa shape index (κ2) is 4.87. The van der Waals surface area contributed by atoms with Gasteiger partial charge in [0.2, 0.25) is 11.7 Å². The fourth-order valence-corrected chi connectivity index (χ4v) is 2.69. The highest BCUT2D eigenvalue weighted by Gasteiger charge is 2.35. The van der Waals surface area contributed by atoms with Crippen molar-refractivity contribution in [1.29, 1.82) is 0 Å². The van der Waals surface area contributed by atoms with Crippen LogP contribution in [-0.4, -0.2) is 26.2 Å². The van der Waals surface area contributed by atoms with Crippen molar-refractivity contribution < 1.29 is 14.4 Å². The molecule has 0 spiro atoms. The summed E-state index contributed by atoms with van der Waals surface area (Å²) in [6.45, 7) is 0. The lowest BCUT2D eigenvalue weighted by atomic mass is 9.79. The fraction of sp³-hybridized carbons (Fsp3) is 0.462. The van der Waals surface area contributed by atoms with Crippen molar-refractivity contribution in [3.63, 3.8) is 0 Å². The van der Waals surface area contributed by atoms with Gasteiger partial charge in [-0.15, -0.1) is 0 Å². The van der Waals surface area contributed by atoms with Gasteiger partial charge in [0.15, 0.2) is 0 Å². The van der Waals surface area contributed by atoms with Crippen molar-refractivity contribution in [2.24, 2.45) is 5.92 Å². The van der Waals surface area contributed by atoms with Crippen molar-refractivity contribution >= 4 is 5.97 Å². The first-order valence-corrected chi connectivity index (χ1v) is 6.46. The minimum atomic E-state index is -0.774. The maximum Gasteiger partial charge on any atom is 0.307 e. The van der Waals surface area contributed by atoms with E-state index in [0.29, 0.717) is 18.1 Å². The number of rotatable bonds is 3. The van der Waals surface area contributed by atoms with E-state index in [9.17, 15) is 9.90 Å². The van der Waals surface area contributed by atoms with E-state index in [-0.39, 0.29) is 5.92 Å². The topological polar surface area (TPSA) is 92.0 Å². The van der Waals surface area contributed by atoms with Gasteiger partial charge in [-0.25, -0.2) is 0 Å². The summed E-state index contributed by atoms with van der Waals surface area (Å²) in [6, 6.07) is 3.70. The van der Waals surface area contributed by atoms with Gasteiger partial charge in [-0.1, -0.05) is 18.0 Å². The Labute approximate surface area is 109 Å². The molecular formula is C13H15N3O3. The molecule has 6 nitrogen and oxygen atoms in total. The highest BCUT2D eigenvalue weighted by atomic mass is 16.5. The first-order valence-electron chi connectivity index (χ1n) is 6.46. The molecule has 19 heavy (non-hydrogen) atoms. The number of aromatic amines is 1. The number of nitrogens with zero attached hydrogens (tertiary/aromatic N) is 2. The lowest BCUT2D eigenvalue weighted by molar-refractivity contribution is -0.143. The summed E-state index contributed by atoms with van der Waals surface area (Å²) in [4.78, 5) is 18.6.